The largest absolute Gasteiger partial charge is 0.379 e. The first kappa shape index (κ1) is 26.2. The number of ether oxygens (including phenoxy) is 1. The number of aryl methyl sites for hydroxylation is 1. The molecule has 0 aromatic heterocycles. The van der Waals surface area contributed by atoms with Gasteiger partial charge in [-0.2, -0.15) is 0 Å². The zero-order valence-electron chi connectivity index (χ0n) is 21.7. The first-order chi connectivity index (χ1) is 18.6. The lowest BCUT2D eigenvalue weighted by Gasteiger charge is -2.30. The third kappa shape index (κ3) is 6.54. The van der Waals surface area contributed by atoms with E-state index in [1.807, 2.05) is 59.5 Å². The molecule has 2 amide bonds. The van der Waals surface area contributed by atoms with E-state index in [4.69, 9.17) is 4.74 Å². The molecule has 3 aromatic rings. The fourth-order valence-corrected chi connectivity index (χ4v) is 5.78. The minimum atomic E-state index is -0.0763. The second kappa shape index (κ2) is 12.4. The number of amides is 2. The lowest BCUT2D eigenvalue weighted by molar-refractivity contribution is -0.114. The molecule has 0 aliphatic carbocycles. The van der Waals surface area contributed by atoms with Crippen LogP contribution >= 0.6 is 11.8 Å². The average Bonchev–Trinajstić information content (AvgIpc) is 2.94. The second-order valence-corrected chi connectivity index (χ2v) is 10.7. The number of morpholine rings is 1. The predicted molar refractivity (Wildman–Crippen MR) is 153 cm³/mol. The summed E-state index contributed by atoms with van der Waals surface area (Å²) in [6, 6.07) is 23.7. The number of anilines is 1. The number of para-hydroxylation sites is 1. The van der Waals surface area contributed by atoms with Crippen molar-refractivity contribution < 1.29 is 14.3 Å². The van der Waals surface area contributed by atoms with Crippen LogP contribution in [0.1, 0.15) is 33.5 Å². The molecule has 196 valence electrons. The smallest absolute Gasteiger partial charge is 0.265 e. The molecule has 2 aliphatic heterocycles. The molecule has 38 heavy (non-hydrogen) atoms. The van der Waals surface area contributed by atoms with Gasteiger partial charge in [-0.15, -0.1) is 0 Å². The van der Waals surface area contributed by atoms with E-state index in [-0.39, 0.29) is 11.8 Å². The van der Waals surface area contributed by atoms with Crippen LogP contribution in [0.2, 0.25) is 0 Å². The summed E-state index contributed by atoms with van der Waals surface area (Å²) in [5.41, 5.74) is 4.71. The molecule has 2 aliphatic rings. The van der Waals surface area contributed by atoms with Crippen LogP contribution in [0.3, 0.4) is 0 Å². The van der Waals surface area contributed by atoms with Gasteiger partial charge in [0.1, 0.15) is 0 Å². The summed E-state index contributed by atoms with van der Waals surface area (Å²) in [6.45, 7) is 7.68. The fraction of sp³-hybridized carbons (Fsp3) is 0.290. The Labute approximate surface area is 228 Å². The molecule has 0 saturated carbocycles. The molecule has 0 atom stereocenters. The van der Waals surface area contributed by atoms with Gasteiger partial charge in [0.2, 0.25) is 0 Å². The highest BCUT2D eigenvalue weighted by Gasteiger charge is 2.29. The number of fused-ring (bicyclic) bond motifs is 1. The van der Waals surface area contributed by atoms with Gasteiger partial charge in [0.15, 0.2) is 0 Å². The first-order valence-corrected chi connectivity index (χ1v) is 13.9. The number of carbonyl (C=O) groups excluding carboxylic acids is 2. The summed E-state index contributed by atoms with van der Waals surface area (Å²) in [4.78, 5) is 32.1. The van der Waals surface area contributed by atoms with E-state index in [9.17, 15) is 9.59 Å². The van der Waals surface area contributed by atoms with Crippen LogP contribution in [0.25, 0.3) is 6.08 Å². The van der Waals surface area contributed by atoms with Crippen molar-refractivity contribution in [3.8, 4) is 0 Å². The number of nitrogens with zero attached hydrogens (tertiary/aromatic N) is 2. The van der Waals surface area contributed by atoms with Crippen LogP contribution in [0.15, 0.2) is 82.6 Å². The Bertz CT molecular complexity index is 1320. The fourth-order valence-electron chi connectivity index (χ4n) is 4.73. The molecule has 1 saturated heterocycles. The maximum Gasteiger partial charge on any atom is 0.265 e. The quantitative estimate of drug-likeness (QED) is 0.325. The lowest BCUT2D eigenvalue weighted by atomic mass is 10.1. The Morgan fingerprint density at radius 1 is 1.03 bits per heavy atom. The van der Waals surface area contributed by atoms with E-state index in [0.717, 1.165) is 61.0 Å². The molecular weight excluding hydrogens is 494 g/mol. The number of thioether (sulfide) groups is 1. The van der Waals surface area contributed by atoms with Crippen molar-refractivity contribution in [3.05, 3.63) is 100.0 Å². The van der Waals surface area contributed by atoms with Crippen molar-refractivity contribution in [1.29, 1.82) is 0 Å². The van der Waals surface area contributed by atoms with Gasteiger partial charge in [-0.1, -0.05) is 65.9 Å². The minimum Gasteiger partial charge on any atom is -0.379 e. The van der Waals surface area contributed by atoms with Crippen molar-refractivity contribution in [3.63, 3.8) is 0 Å². The molecule has 7 heteroatoms. The van der Waals surface area contributed by atoms with Crippen LogP contribution in [-0.4, -0.2) is 56.1 Å². The third-order valence-corrected chi connectivity index (χ3v) is 7.84. The number of hydrogen-bond donors (Lipinski definition) is 1. The topological polar surface area (TPSA) is 61.9 Å². The molecule has 0 bridgehead atoms. The highest BCUT2D eigenvalue weighted by atomic mass is 32.2. The summed E-state index contributed by atoms with van der Waals surface area (Å²) in [5.74, 6) is -0.0927. The summed E-state index contributed by atoms with van der Waals surface area (Å²) in [6.07, 6.45) is 2.83. The van der Waals surface area contributed by atoms with Gasteiger partial charge in [-0.05, 0) is 61.4 Å². The first-order valence-electron chi connectivity index (χ1n) is 13.1. The van der Waals surface area contributed by atoms with Crippen LogP contribution in [-0.2, 0) is 16.1 Å². The Balaban J connectivity index is 1.24. The van der Waals surface area contributed by atoms with E-state index in [0.29, 0.717) is 23.6 Å². The standard InChI is InChI=1S/C31H33N3O3S/c1-23-6-4-7-25(20-23)22-34-27-8-2-3-9-28(27)38-29(31(34)36)21-24-10-12-26(13-11-24)30(35)32-14-5-15-33-16-18-37-19-17-33/h2-4,6-13,20-21H,5,14-19,22H2,1H3,(H,32,35). The zero-order chi connectivity index (χ0) is 26.3. The van der Waals surface area contributed by atoms with Crippen molar-refractivity contribution in [2.75, 3.05) is 44.3 Å². The maximum absolute atomic E-state index is 13.6. The van der Waals surface area contributed by atoms with Crippen LogP contribution in [0, 0.1) is 6.92 Å². The summed E-state index contributed by atoms with van der Waals surface area (Å²) < 4.78 is 5.38. The highest BCUT2D eigenvalue weighted by Crippen LogP contribution is 2.42. The van der Waals surface area contributed by atoms with Crippen molar-refractivity contribution in [2.45, 2.75) is 24.8 Å². The molecular formula is C31H33N3O3S. The molecule has 3 aromatic carbocycles. The van der Waals surface area contributed by atoms with Crippen LogP contribution < -0.4 is 10.2 Å². The Morgan fingerprint density at radius 2 is 1.82 bits per heavy atom. The molecule has 1 fully saturated rings. The van der Waals surface area contributed by atoms with E-state index >= 15 is 0 Å². The molecule has 1 N–H and O–H groups in total. The zero-order valence-corrected chi connectivity index (χ0v) is 22.5. The molecule has 2 heterocycles. The van der Waals surface area contributed by atoms with E-state index < -0.39 is 0 Å². The minimum absolute atomic E-state index is 0.0164. The number of hydrogen-bond acceptors (Lipinski definition) is 5. The van der Waals surface area contributed by atoms with Crippen LogP contribution in [0.4, 0.5) is 5.69 Å². The van der Waals surface area contributed by atoms with Gasteiger partial charge in [0.05, 0.1) is 30.4 Å². The summed E-state index contributed by atoms with van der Waals surface area (Å²) >= 11 is 1.49. The average molecular weight is 528 g/mol. The second-order valence-electron chi connectivity index (χ2n) is 9.64. The van der Waals surface area contributed by atoms with Gasteiger partial charge in [0, 0.05) is 30.1 Å². The van der Waals surface area contributed by atoms with E-state index in [1.165, 1.54) is 17.3 Å². The third-order valence-electron chi connectivity index (χ3n) is 6.77. The summed E-state index contributed by atoms with van der Waals surface area (Å²) in [7, 11) is 0. The van der Waals surface area contributed by atoms with Gasteiger partial charge in [0.25, 0.3) is 11.8 Å². The number of nitrogens with one attached hydrogen (secondary N) is 1. The molecule has 0 radical (unpaired) electrons. The van der Waals surface area contributed by atoms with Crippen molar-refractivity contribution in [1.82, 2.24) is 10.2 Å². The maximum atomic E-state index is 13.6. The van der Waals surface area contributed by atoms with Gasteiger partial charge < -0.3 is 15.0 Å². The molecule has 0 unspecified atom stereocenters. The van der Waals surface area contributed by atoms with Gasteiger partial charge in [-0.25, -0.2) is 0 Å². The highest BCUT2D eigenvalue weighted by molar-refractivity contribution is 8.04. The number of rotatable bonds is 8. The van der Waals surface area contributed by atoms with E-state index in [1.54, 1.807) is 0 Å². The lowest BCUT2D eigenvalue weighted by Crippen LogP contribution is -2.38. The summed E-state index contributed by atoms with van der Waals surface area (Å²) in [5, 5.41) is 3.01. The predicted octanol–water partition coefficient (Wildman–Crippen LogP) is 5.13. The van der Waals surface area contributed by atoms with Gasteiger partial charge in [-0.3, -0.25) is 14.5 Å². The van der Waals surface area contributed by atoms with Crippen molar-refractivity contribution >= 4 is 35.3 Å². The number of benzene rings is 3. The van der Waals surface area contributed by atoms with Crippen molar-refractivity contribution in [2.24, 2.45) is 0 Å². The molecule has 0 spiro atoms. The Morgan fingerprint density at radius 3 is 2.61 bits per heavy atom. The molecule has 6 nitrogen and oxygen atoms in total. The Kier molecular flexibility index (Phi) is 8.58. The van der Waals surface area contributed by atoms with Crippen LogP contribution in [0.5, 0.6) is 0 Å². The Hall–Kier alpha value is -3.39. The monoisotopic (exact) mass is 527 g/mol. The SMILES string of the molecule is Cc1cccc(CN2C(=O)C(=Cc3ccc(C(=O)NCCCN4CCOCC4)cc3)Sc3ccccc32)c1. The molecule has 5 rings (SSSR count). The number of carbonyl (C=O) groups is 2. The van der Waals surface area contributed by atoms with Gasteiger partial charge >= 0.3 is 0 Å². The normalized spacial score (nSPS) is 16.9. The van der Waals surface area contributed by atoms with E-state index in [2.05, 4.69) is 41.4 Å².